The maximum atomic E-state index is 12.4. The molecule has 0 bridgehead atoms. The Bertz CT molecular complexity index is 542. The first kappa shape index (κ1) is 14.2. The Labute approximate surface area is 116 Å². The van der Waals surface area contributed by atoms with Gasteiger partial charge >= 0.3 is 5.97 Å². The number of rotatable bonds is 2. The summed E-state index contributed by atoms with van der Waals surface area (Å²) in [4.78, 5) is 24.9. The third-order valence-electron chi connectivity index (χ3n) is 3.62. The number of carbonyl (C=O) groups is 2. The van der Waals surface area contributed by atoms with Crippen LogP contribution in [0.3, 0.4) is 0 Å². The number of nitrogens with zero attached hydrogens (tertiary/aromatic N) is 1. The smallest absolute Gasteiger partial charge is 0.326 e. The van der Waals surface area contributed by atoms with Gasteiger partial charge in [0.25, 0.3) is 5.91 Å². The van der Waals surface area contributed by atoms with Crippen molar-refractivity contribution >= 4 is 11.9 Å². The number of piperidine rings is 1. The van der Waals surface area contributed by atoms with Crippen molar-refractivity contribution in [3.63, 3.8) is 0 Å². The lowest BCUT2D eigenvalue weighted by molar-refractivity contribution is -0.144. The molecule has 1 heterocycles. The van der Waals surface area contributed by atoms with Crippen LogP contribution in [0.1, 0.15) is 30.1 Å². The van der Waals surface area contributed by atoms with Gasteiger partial charge in [-0.1, -0.05) is 6.92 Å². The molecular weight excluding hydrogens is 262 g/mol. The summed E-state index contributed by atoms with van der Waals surface area (Å²) in [6.45, 7) is 2.30. The molecule has 0 aliphatic carbocycles. The first-order valence-electron chi connectivity index (χ1n) is 6.46. The van der Waals surface area contributed by atoms with E-state index in [-0.39, 0.29) is 23.0 Å². The third-order valence-corrected chi connectivity index (χ3v) is 3.62. The number of carbonyl (C=O) groups excluding carboxylic acids is 1. The van der Waals surface area contributed by atoms with E-state index in [0.29, 0.717) is 13.0 Å². The van der Waals surface area contributed by atoms with Gasteiger partial charge in [-0.15, -0.1) is 0 Å². The molecule has 0 aromatic heterocycles. The number of carboxylic acid groups (broad SMARTS) is 1. The quantitative estimate of drug-likeness (QED) is 0.760. The Morgan fingerprint density at radius 3 is 2.60 bits per heavy atom. The summed E-state index contributed by atoms with van der Waals surface area (Å²) in [7, 11) is 0. The van der Waals surface area contributed by atoms with E-state index in [1.165, 1.54) is 17.0 Å². The lowest BCUT2D eigenvalue weighted by atomic mass is 9.92. The van der Waals surface area contributed by atoms with Crippen LogP contribution >= 0.6 is 0 Å². The van der Waals surface area contributed by atoms with Crippen molar-refractivity contribution in [1.29, 1.82) is 0 Å². The monoisotopic (exact) mass is 279 g/mol. The highest BCUT2D eigenvalue weighted by molar-refractivity contribution is 5.99. The van der Waals surface area contributed by atoms with Gasteiger partial charge in [0.1, 0.15) is 17.5 Å². The molecule has 0 saturated carbocycles. The van der Waals surface area contributed by atoms with Crippen LogP contribution < -0.4 is 0 Å². The van der Waals surface area contributed by atoms with Gasteiger partial charge in [0.05, 0.1) is 5.56 Å². The molecule has 108 valence electrons. The molecule has 1 aromatic carbocycles. The SMILES string of the molecule is CC1CCN(C(=O)c2ccc(O)cc2O)C(C(=O)O)C1. The first-order chi connectivity index (χ1) is 9.40. The number of carboxylic acids is 1. The average Bonchev–Trinajstić information content (AvgIpc) is 2.37. The van der Waals surface area contributed by atoms with Crippen molar-refractivity contribution < 1.29 is 24.9 Å². The van der Waals surface area contributed by atoms with Crippen LogP contribution in [-0.4, -0.2) is 44.7 Å². The minimum Gasteiger partial charge on any atom is -0.508 e. The molecule has 1 aliphatic heterocycles. The van der Waals surface area contributed by atoms with Crippen molar-refractivity contribution in [1.82, 2.24) is 4.90 Å². The Balaban J connectivity index is 2.28. The molecule has 6 heteroatoms. The summed E-state index contributed by atoms with van der Waals surface area (Å²) in [6.07, 6.45) is 1.13. The summed E-state index contributed by atoms with van der Waals surface area (Å²) in [5.74, 6) is -1.82. The number of hydrogen-bond acceptors (Lipinski definition) is 4. The molecule has 1 fully saturated rings. The Hall–Kier alpha value is -2.24. The highest BCUT2D eigenvalue weighted by Gasteiger charge is 2.35. The Morgan fingerprint density at radius 2 is 2.00 bits per heavy atom. The van der Waals surface area contributed by atoms with Gasteiger partial charge < -0.3 is 20.2 Å². The predicted molar refractivity (Wildman–Crippen MR) is 70.6 cm³/mol. The average molecular weight is 279 g/mol. The molecule has 2 atom stereocenters. The van der Waals surface area contributed by atoms with E-state index in [1.807, 2.05) is 6.92 Å². The zero-order valence-corrected chi connectivity index (χ0v) is 11.1. The summed E-state index contributed by atoms with van der Waals surface area (Å²) in [6, 6.07) is 2.77. The second-order valence-corrected chi connectivity index (χ2v) is 5.18. The number of hydrogen-bond donors (Lipinski definition) is 3. The molecule has 0 spiro atoms. The van der Waals surface area contributed by atoms with Crippen molar-refractivity contribution in [3.8, 4) is 11.5 Å². The van der Waals surface area contributed by atoms with Gasteiger partial charge in [-0.3, -0.25) is 4.79 Å². The summed E-state index contributed by atoms with van der Waals surface area (Å²) in [5.41, 5.74) is 0.00334. The van der Waals surface area contributed by atoms with Crippen molar-refractivity contribution in [2.75, 3.05) is 6.54 Å². The largest absolute Gasteiger partial charge is 0.508 e. The topological polar surface area (TPSA) is 98.1 Å². The lowest BCUT2D eigenvalue weighted by Crippen LogP contribution is -2.49. The maximum absolute atomic E-state index is 12.4. The number of amides is 1. The lowest BCUT2D eigenvalue weighted by Gasteiger charge is -2.36. The molecule has 1 aromatic rings. The Morgan fingerprint density at radius 1 is 1.30 bits per heavy atom. The fourth-order valence-electron chi connectivity index (χ4n) is 2.47. The van der Waals surface area contributed by atoms with Crippen LogP contribution in [0.4, 0.5) is 0 Å². The highest BCUT2D eigenvalue weighted by atomic mass is 16.4. The number of aromatic hydroxyl groups is 2. The van der Waals surface area contributed by atoms with E-state index < -0.39 is 17.9 Å². The van der Waals surface area contributed by atoms with Crippen LogP contribution in [0.15, 0.2) is 18.2 Å². The number of phenols is 2. The van der Waals surface area contributed by atoms with Gasteiger partial charge in [0.15, 0.2) is 0 Å². The maximum Gasteiger partial charge on any atom is 0.326 e. The highest BCUT2D eigenvalue weighted by Crippen LogP contribution is 2.28. The van der Waals surface area contributed by atoms with Gasteiger partial charge in [-0.25, -0.2) is 4.79 Å². The zero-order valence-electron chi connectivity index (χ0n) is 11.1. The van der Waals surface area contributed by atoms with E-state index in [1.54, 1.807) is 0 Å². The fraction of sp³-hybridized carbons (Fsp3) is 0.429. The van der Waals surface area contributed by atoms with Crippen LogP contribution in [0.2, 0.25) is 0 Å². The van der Waals surface area contributed by atoms with Gasteiger partial charge in [0, 0.05) is 12.6 Å². The molecule has 0 radical (unpaired) electrons. The molecule has 20 heavy (non-hydrogen) atoms. The predicted octanol–water partition coefficient (Wildman–Crippen LogP) is 1.42. The molecule has 2 unspecified atom stereocenters. The number of phenolic OH excluding ortho intramolecular Hbond substituents is 2. The summed E-state index contributed by atoms with van der Waals surface area (Å²) >= 11 is 0. The summed E-state index contributed by atoms with van der Waals surface area (Å²) < 4.78 is 0. The van der Waals surface area contributed by atoms with Gasteiger partial charge in [-0.2, -0.15) is 0 Å². The second-order valence-electron chi connectivity index (χ2n) is 5.18. The molecular formula is C14H17NO5. The minimum atomic E-state index is -1.04. The third kappa shape index (κ3) is 2.68. The van der Waals surface area contributed by atoms with Crippen molar-refractivity contribution in [3.05, 3.63) is 23.8 Å². The van der Waals surface area contributed by atoms with Crippen molar-refractivity contribution in [2.24, 2.45) is 5.92 Å². The zero-order chi connectivity index (χ0) is 14.9. The fourth-order valence-corrected chi connectivity index (χ4v) is 2.47. The van der Waals surface area contributed by atoms with Crippen LogP contribution in [0.25, 0.3) is 0 Å². The van der Waals surface area contributed by atoms with E-state index in [2.05, 4.69) is 0 Å². The van der Waals surface area contributed by atoms with Gasteiger partial charge in [0.2, 0.25) is 0 Å². The number of aliphatic carboxylic acids is 1. The minimum absolute atomic E-state index is 0.00334. The first-order valence-corrected chi connectivity index (χ1v) is 6.46. The van der Waals surface area contributed by atoms with Crippen LogP contribution in [0, 0.1) is 5.92 Å². The molecule has 1 aliphatic rings. The number of benzene rings is 1. The van der Waals surface area contributed by atoms with E-state index in [0.717, 1.165) is 12.5 Å². The number of likely N-dealkylation sites (tertiary alicyclic amines) is 1. The van der Waals surface area contributed by atoms with Crippen LogP contribution in [-0.2, 0) is 4.79 Å². The molecule has 3 N–H and O–H groups in total. The molecule has 6 nitrogen and oxygen atoms in total. The van der Waals surface area contributed by atoms with E-state index in [9.17, 15) is 24.9 Å². The normalized spacial score (nSPS) is 22.6. The Kier molecular flexibility index (Phi) is 3.83. The van der Waals surface area contributed by atoms with E-state index >= 15 is 0 Å². The van der Waals surface area contributed by atoms with Crippen LogP contribution in [0.5, 0.6) is 11.5 Å². The molecule has 1 amide bonds. The van der Waals surface area contributed by atoms with E-state index in [4.69, 9.17) is 0 Å². The second kappa shape index (κ2) is 5.40. The van der Waals surface area contributed by atoms with Gasteiger partial charge in [-0.05, 0) is 30.9 Å². The molecule has 2 rings (SSSR count). The molecule has 1 saturated heterocycles. The summed E-state index contributed by atoms with van der Waals surface area (Å²) in [5, 5.41) is 28.2. The standard InChI is InChI=1S/C14H17NO5/c1-8-4-5-15(11(6-8)14(19)20)13(18)10-3-2-9(16)7-12(10)17/h2-3,7-8,11,16-17H,4-6H2,1H3,(H,19,20). The van der Waals surface area contributed by atoms with Crippen molar-refractivity contribution in [2.45, 2.75) is 25.8 Å².